The van der Waals surface area contributed by atoms with Crippen LogP contribution < -0.4 is 5.48 Å². The third-order valence-corrected chi connectivity index (χ3v) is 8.13. The zero-order valence-electron chi connectivity index (χ0n) is 16.2. The van der Waals surface area contributed by atoms with E-state index in [2.05, 4.69) is 20.8 Å². The molecule has 0 bridgehead atoms. The number of rotatable bonds is 7. The Morgan fingerprint density at radius 2 is 1.74 bits per heavy atom. The van der Waals surface area contributed by atoms with Gasteiger partial charge in [0.25, 0.3) is 5.91 Å². The molecule has 1 aromatic carbocycles. The first kappa shape index (κ1) is 21.6. The standard InChI is InChI=1S/C20H29NO5S/c1-4-15(2)16(3)5-6-17-7-9-18(10-8-17)27(24,25)20(19(22)21-23)11-13-26-14-12-20/h7-10,23H,4-6,11-14H2,1-3H3,(H,21,22). The van der Waals surface area contributed by atoms with Gasteiger partial charge >= 0.3 is 0 Å². The first-order valence-corrected chi connectivity index (χ1v) is 10.8. The van der Waals surface area contributed by atoms with E-state index in [1.807, 2.05) is 0 Å². The van der Waals surface area contributed by atoms with E-state index in [4.69, 9.17) is 9.94 Å². The van der Waals surface area contributed by atoms with Crippen LogP contribution in [0.15, 0.2) is 40.3 Å². The largest absolute Gasteiger partial charge is 0.381 e. The van der Waals surface area contributed by atoms with Crippen molar-refractivity contribution in [3.05, 3.63) is 41.0 Å². The normalized spacial score (nSPS) is 17.9. The minimum atomic E-state index is -3.96. The maximum Gasteiger partial charge on any atom is 0.265 e. The second-order valence-corrected chi connectivity index (χ2v) is 9.37. The van der Waals surface area contributed by atoms with E-state index >= 15 is 0 Å². The molecule has 150 valence electrons. The van der Waals surface area contributed by atoms with Crippen molar-refractivity contribution in [3.63, 3.8) is 0 Å². The summed E-state index contributed by atoms with van der Waals surface area (Å²) in [5.74, 6) is -0.898. The van der Waals surface area contributed by atoms with E-state index in [1.54, 1.807) is 24.3 Å². The second-order valence-electron chi connectivity index (χ2n) is 7.11. The number of benzene rings is 1. The summed E-state index contributed by atoms with van der Waals surface area (Å²) in [6, 6.07) is 6.70. The van der Waals surface area contributed by atoms with Gasteiger partial charge < -0.3 is 4.74 Å². The van der Waals surface area contributed by atoms with E-state index in [0.29, 0.717) is 0 Å². The van der Waals surface area contributed by atoms with Crippen molar-refractivity contribution in [1.82, 2.24) is 5.48 Å². The zero-order chi connectivity index (χ0) is 20.1. The molecule has 2 N–H and O–H groups in total. The van der Waals surface area contributed by atoms with Gasteiger partial charge in [-0.25, -0.2) is 13.9 Å². The van der Waals surface area contributed by atoms with Gasteiger partial charge in [0.05, 0.1) is 4.90 Å². The molecule has 0 aliphatic carbocycles. The van der Waals surface area contributed by atoms with E-state index < -0.39 is 20.5 Å². The highest BCUT2D eigenvalue weighted by atomic mass is 32.2. The number of amides is 1. The van der Waals surface area contributed by atoms with E-state index in [-0.39, 0.29) is 31.0 Å². The molecule has 1 aliphatic heterocycles. The summed E-state index contributed by atoms with van der Waals surface area (Å²) in [4.78, 5) is 12.3. The van der Waals surface area contributed by atoms with Crippen LogP contribution >= 0.6 is 0 Å². The van der Waals surface area contributed by atoms with Crippen LogP contribution in [0.1, 0.15) is 52.0 Å². The Morgan fingerprint density at radius 1 is 1.15 bits per heavy atom. The summed E-state index contributed by atoms with van der Waals surface area (Å²) in [6.45, 7) is 6.71. The van der Waals surface area contributed by atoms with Crippen LogP contribution in [0, 0.1) is 0 Å². The Bertz CT molecular complexity index is 790. The molecule has 1 amide bonds. The quantitative estimate of drug-likeness (QED) is 0.420. The predicted octanol–water partition coefficient (Wildman–Crippen LogP) is 3.19. The third kappa shape index (κ3) is 4.42. The van der Waals surface area contributed by atoms with E-state index in [1.165, 1.54) is 16.6 Å². The number of ether oxygens (including phenoxy) is 1. The van der Waals surface area contributed by atoms with Crippen molar-refractivity contribution in [3.8, 4) is 0 Å². The minimum absolute atomic E-state index is 0.0176. The summed E-state index contributed by atoms with van der Waals surface area (Å²) in [7, 11) is -3.96. The Kier molecular flexibility index (Phi) is 7.19. The summed E-state index contributed by atoms with van der Waals surface area (Å²) in [6.07, 6.45) is 2.83. The molecule has 7 heteroatoms. The van der Waals surface area contributed by atoms with Gasteiger partial charge in [-0.15, -0.1) is 0 Å². The average molecular weight is 396 g/mol. The molecule has 1 fully saturated rings. The monoisotopic (exact) mass is 395 g/mol. The number of aryl methyl sites for hydroxylation is 1. The van der Waals surface area contributed by atoms with Gasteiger partial charge in [0.2, 0.25) is 0 Å². The Balaban J connectivity index is 2.25. The summed E-state index contributed by atoms with van der Waals surface area (Å²) in [5, 5.41) is 9.08. The SMILES string of the molecule is CCC(C)=C(C)CCc1ccc(S(=O)(=O)C2(C(=O)NO)CCOCC2)cc1. The van der Waals surface area contributed by atoms with Crippen molar-refractivity contribution in [2.24, 2.45) is 0 Å². The number of allylic oxidation sites excluding steroid dienone is 2. The van der Waals surface area contributed by atoms with Gasteiger partial charge in [-0.05, 0) is 63.6 Å². The smallest absolute Gasteiger partial charge is 0.265 e. The second kappa shape index (κ2) is 8.99. The summed E-state index contributed by atoms with van der Waals surface area (Å²) in [5.41, 5.74) is 5.32. The van der Waals surface area contributed by atoms with Gasteiger partial charge in [-0.1, -0.05) is 30.2 Å². The molecule has 0 unspecified atom stereocenters. The highest BCUT2D eigenvalue weighted by Crippen LogP contribution is 2.35. The summed E-state index contributed by atoms with van der Waals surface area (Å²) >= 11 is 0. The molecule has 1 heterocycles. The maximum absolute atomic E-state index is 13.2. The molecule has 0 spiro atoms. The molecule has 0 saturated carbocycles. The predicted molar refractivity (Wildman–Crippen MR) is 103 cm³/mol. The van der Waals surface area contributed by atoms with Crippen LogP contribution in [0.5, 0.6) is 0 Å². The van der Waals surface area contributed by atoms with Gasteiger partial charge in [0, 0.05) is 13.2 Å². The number of hydrogen-bond donors (Lipinski definition) is 2. The van der Waals surface area contributed by atoms with Crippen LogP contribution in [0.4, 0.5) is 0 Å². The molecule has 1 saturated heterocycles. The lowest BCUT2D eigenvalue weighted by molar-refractivity contribution is -0.134. The van der Waals surface area contributed by atoms with Crippen LogP contribution in [-0.2, 0) is 25.8 Å². The fourth-order valence-corrected chi connectivity index (χ4v) is 5.27. The highest BCUT2D eigenvalue weighted by molar-refractivity contribution is 7.93. The van der Waals surface area contributed by atoms with Crippen molar-refractivity contribution >= 4 is 15.7 Å². The lowest BCUT2D eigenvalue weighted by atomic mass is 9.98. The van der Waals surface area contributed by atoms with Crippen LogP contribution in [-0.4, -0.2) is 37.5 Å². The Morgan fingerprint density at radius 3 is 2.26 bits per heavy atom. The molecule has 27 heavy (non-hydrogen) atoms. The van der Waals surface area contributed by atoms with Crippen molar-refractivity contribution in [1.29, 1.82) is 0 Å². The van der Waals surface area contributed by atoms with E-state index in [9.17, 15) is 13.2 Å². The van der Waals surface area contributed by atoms with Crippen molar-refractivity contribution in [2.45, 2.75) is 62.5 Å². The van der Waals surface area contributed by atoms with Crippen LogP contribution in [0.2, 0.25) is 0 Å². The van der Waals surface area contributed by atoms with Crippen LogP contribution in [0.25, 0.3) is 0 Å². The first-order chi connectivity index (χ1) is 12.8. The Hall–Kier alpha value is -1.70. The number of carbonyl (C=O) groups excluding carboxylic acids is 1. The zero-order valence-corrected chi connectivity index (χ0v) is 17.1. The van der Waals surface area contributed by atoms with Gasteiger partial charge in [0.1, 0.15) is 0 Å². The average Bonchev–Trinajstić information content (AvgIpc) is 2.71. The molecule has 0 radical (unpaired) electrons. The molecule has 2 rings (SSSR count). The lowest BCUT2D eigenvalue weighted by Gasteiger charge is -2.34. The molecule has 1 aromatic rings. The maximum atomic E-state index is 13.2. The number of sulfone groups is 1. The Labute approximate surface area is 161 Å². The molecule has 6 nitrogen and oxygen atoms in total. The van der Waals surface area contributed by atoms with Crippen LogP contribution in [0.3, 0.4) is 0 Å². The third-order valence-electron chi connectivity index (χ3n) is 5.61. The van der Waals surface area contributed by atoms with Crippen molar-refractivity contribution in [2.75, 3.05) is 13.2 Å². The number of hydroxylamine groups is 1. The number of nitrogens with one attached hydrogen (secondary N) is 1. The van der Waals surface area contributed by atoms with Gasteiger partial charge in [-0.3, -0.25) is 10.0 Å². The van der Waals surface area contributed by atoms with E-state index in [0.717, 1.165) is 24.8 Å². The topological polar surface area (TPSA) is 92.7 Å². The molecular weight excluding hydrogens is 366 g/mol. The fourth-order valence-electron chi connectivity index (χ4n) is 3.33. The minimum Gasteiger partial charge on any atom is -0.381 e. The van der Waals surface area contributed by atoms with Gasteiger partial charge in [-0.2, -0.15) is 0 Å². The number of hydrogen-bond acceptors (Lipinski definition) is 5. The van der Waals surface area contributed by atoms with Gasteiger partial charge in [0.15, 0.2) is 14.6 Å². The molecular formula is C20H29NO5S. The van der Waals surface area contributed by atoms with Crippen molar-refractivity contribution < 1.29 is 23.2 Å². The number of carbonyl (C=O) groups is 1. The summed E-state index contributed by atoms with van der Waals surface area (Å²) < 4.78 is 29.9. The molecule has 0 atom stereocenters. The molecule has 1 aliphatic rings. The molecule has 0 aromatic heterocycles. The first-order valence-electron chi connectivity index (χ1n) is 9.29. The lowest BCUT2D eigenvalue weighted by Crippen LogP contribution is -2.54. The fraction of sp³-hybridized carbons (Fsp3) is 0.550. The highest BCUT2D eigenvalue weighted by Gasteiger charge is 2.52.